The molecule has 4 rings (SSSR count). The fraction of sp³-hybridized carbons (Fsp3) is 0.304. The van der Waals surface area contributed by atoms with Crippen LogP contribution in [0.4, 0.5) is 5.82 Å². The van der Waals surface area contributed by atoms with Crippen molar-refractivity contribution in [1.29, 1.82) is 0 Å². The molecular weight excluding hydrogens is 428 g/mol. The number of para-hydroxylation sites is 1. The standard InChI is InChI=1S/C23H26N4O4S/c1-15(2)26-32(29,30)21-14-16(12-13-20(21)31-3)23(28)24-22-18-10-7-11-19(18)25-27(22)17-8-5-4-6-9-17/h4-6,8-9,12-15,26H,7,10-11H2,1-3H3,(H,24,28). The highest BCUT2D eigenvalue weighted by Crippen LogP contribution is 2.32. The number of amides is 1. The van der Waals surface area contributed by atoms with Crippen molar-refractivity contribution in [3.05, 3.63) is 65.4 Å². The van der Waals surface area contributed by atoms with E-state index in [2.05, 4.69) is 10.0 Å². The van der Waals surface area contributed by atoms with Crippen LogP contribution >= 0.6 is 0 Å². The lowest BCUT2D eigenvalue weighted by Gasteiger charge is -2.15. The molecule has 8 nitrogen and oxygen atoms in total. The van der Waals surface area contributed by atoms with Crippen LogP contribution in [0.25, 0.3) is 5.69 Å². The quantitative estimate of drug-likeness (QED) is 0.570. The lowest BCUT2D eigenvalue weighted by molar-refractivity contribution is 0.102. The molecule has 0 atom stereocenters. The van der Waals surface area contributed by atoms with Gasteiger partial charge in [0.2, 0.25) is 10.0 Å². The fourth-order valence-electron chi connectivity index (χ4n) is 3.86. The fourth-order valence-corrected chi connectivity index (χ4v) is 5.30. The number of nitrogens with one attached hydrogen (secondary N) is 2. The summed E-state index contributed by atoms with van der Waals surface area (Å²) in [6.07, 6.45) is 2.68. The van der Waals surface area contributed by atoms with Gasteiger partial charge in [-0.3, -0.25) is 4.79 Å². The Labute approximate surface area is 187 Å². The number of hydrogen-bond donors (Lipinski definition) is 2. The van der Waals surface area contributed by atoms with E-state index in [-0.39, 0.29) is 22.3 Å². The van der Waals surface area contributed by atoms with Crippen LogP contribution in [0.3, 0.4) is 0 Å². The molecule has 0 radical (unpaired) electrons. The average molecular weight is 455 g/mol. The number of ether oxygens (including phenoxy) is 1. The summed E-state index contributed by atoms with van der Waals surface area (Å²) in [7, 11) is -2.46. The highest BCUT2D eigenvalue weighted by atomic mass is 32.2. The molecule has 32 heavy (non-hydrogen) atoms. The third-order valence-electron chi connectivity index (χ3n) is 5.25. The molecule has 9 heteroatoms. The summed E-state index contributed by atoms with van der Waals surface area (Å²) >= 11 is 0. The van der Waals surface area contributed by atoms with Crippen LogP contribution in [0.15, 0.2) is 53.4 Å². The van der Waals surface area contributed by atoms with Crippen LogP contribution in [0, 0.1) is 0 Å². The van der Waals surface area contributed by atoms with Gasteiger partial charge in [-0.2, -0.15) is 5.10 Å². The van der Waals surface area contributed by atoms with Crippen molar-refractivity contribution in [3.63, 3.8) is 0 Å². The Bertz CT molecular complexity index is 1250. The van der Waals surface area contributed by atoms with Crippen molar-refractivity contribution in [1.82, 2.24) is 14.5 Å². The maximum atomic E-state index is 13.2. The molecule has 0 unspecified atom stereocenters. The number of fused-ring (bicyclic) bond motifs is 1. The molecule has 0 saturated carbocycles. The monoisotopic (exact) mass is 454 g/mol. The maximum Gasteiger partial charge on any atom is 0.256 e. The summed E-state index contributed by atoms with van der Waals surface area (Å²) in [5.74, 6) is 0.375. The lowest BCUT2D eigenvalue weighted by atomic mass is 10.2. The minimum Gasteiger partial charge on any atom is -0.495 e. The van der Waals surface area contributed by atoms with Gasteiger partial charge < -0.3 is 10.1 Å². The Balaban J connectivity index is 1.71. The lowest BCUT2D eigenvalue weighted by Crippen LogP contribution is -2.30. The van der Waals surface area contributed by atoms with Crippen molar-refractivity contribution < 1.29 is 17.9 Å². The van der Waals surface area contributed by atoms with E-state index in [1.165, 1.54) is 19.2 Å². The molecule has 0 aliphatic heterocycles. The number of anilines is 1. The topological polar surface area (TPSA) is 102 Å². The second-order valence-electron chi connectivity index (χ2n) is 7.97. The highest BCUT2D eigenvalue weighted by molar-refractivity contribution is 7.89. The van der Waals surface area contributed by atoms with Gasteiger partial charge in [0, 0.05) is 17.2 Å². The number of carbonyl (C=O) groups excluding carboxylic acids is 1. The third-order valence-corrected chi connectivity index (χ3v) is 6.93. The van der Waals surface area contributed by atoms with Gasteiger partial charge in [0.1, 0.15) is 16.5 Å². The van der Waals surface area contributed by atoms with Crippen molar-refractivity contribution in [2.75, 3.05) is 12.4 Å². The van der Waals surface area contributed by atoms with Gasteiger partial charge in [-0.05, 0) is 63.4 Å². The van der Waals surface area contributed by atoms with E-state index in [0.717, 1.165) is 36.2 Å². The predicted octanol–water partition coefficient (Wildman–Crippen LogP) is 3.31. The molecule has 1 aliphatic rings. The first-order valence-corrected chi connectivity index (χ1v) is 12.0. The number of aromatic nitrogens is 2. The number of benzene rings is 2. The average Bonchev–Trinajstić information content (AvgIpc) is 3.35. The zero-order valence-corrected chi connectivity index (χ0v) is 19.1. The summed E-state index contributed by atoms with van der Waals surface area (Å²) in [4.78, 5) is 13.1. The number of sulfonamides is 1. The van der Waals surface area contributed by atoms with Gasteiger partial charge in [-0.25, -0.2) is 17.8 Å². The van der Waals surface area contributed by atoms with E-state index >= 15 is 0 Å². The van der Waals surface area contributed by atoms with E-state index in [1.807, 2.05) is 30.3 Å². The Morgan fingerprint density at radius 3 is 2.56 bits per heavy atom. The van der Waals surface area contributed by atoms with E-state index < -0.39 is 15.9 Å². The number of carbonyl (C=O) groups is 1. The van der Waals surface area contributed by atoms with Crippen LogP contribution in [0.5, 0.6) is 5.75 Å². The smallest absolute Gasteiger partial charge is 0.256 e. The predicted molar refractivity (Wildman–Crippen MR) is 122 cm³/mol. The second-order valence-corrected chi connectivity index (χ2v) is 9.65. The van der Waals surface area contributed by atoms with Gasteiger partial charge in [0.25, 0.3) is 5.91 Å². The second kappa shape index (κ2) is 8.76. The van der Waals surface area contributed by atoms with Crippen molar-refractivity contribution in [2.24, 2.45) is 0 Å². The summed E-state index contributed by atoms with van der Waals surface area (Å²) in [6, 6.07) is 13.7. The zero-order valence-electron chi connectivity index (χ0n) is 18.3. The zero-order chi connectivity index (χ0) is 22.9. The van der Waals surface area contributed by atoms with Crippen LogP contribution in [0.2, 0.25) is 0 Å². The van der Waals surface area contributed by atoms with E-state index in [4.69, 9.17) is 9.84 Å². The Hall–Kier alpha value is -3.17. The van der Waals surface area contributed by atoms with Gasteiger partial charge in [0.05, 0.1) is 18.5 Å². The van der Waals surface area contributed by atoms with Gasteiger partial charge in [-0.15, -0.1) is 0 Å². The summed E-state index contributed by atoms with van der Waals surface area (Å²) in [5.41, 5.74) is 3.05. The molecule has 0 bridgehead atoms. The van der Waals surface area contributed by atoms with Crippen LogP contribution in [-0.4, -0.2) is 37.3 Å². The largest absolute Gasteiger partial charge is 0.495 e. The van der Waals surface area contributed by atoms with Crippen molar-refractivity contribution >= 4 is 21.7 Å². The van der Waals surface area contributed by atoms with Crippen LogP contribution in [0.1, 0.15) is 41.9 Å². The van der Waals surface area contributed by atoms with Crippen molar-refractivity contribution in [2.45, 2.75) is 44.0 Å². The highest BCUT2D eigenvalue weighted by Gasteiger charge is 2.26. The number of rotatable bonds is 7. The Morgan fingerprint density at radius 1 is 1.12 bits per heavy atom. The Morgan fingerprint density at radius 2 is 1.88 bits per heavy atom. The third kappa shape index (κ3) is 4.26. The van der Waals surface area contributed by atoms with Gasteiger partial charge in [-0.1, -0.05) is 18.2 Å². The SMILES string of the molecule is COc1ccc(C(=O)Nc2c3c(nn2-c2ccccc2)CCC3)cc1S(=O)(=O)NC(C)C. The first kappa shape index (κ1) is 22.0. The summed E-state index contributed by atoms with van der Waals surface area (Å²) < 4.78 is 35.0. The molecule has 1 amide bonds. The first-order chi connectivity index (χ1) is 15.3. The van der Waals surface area contributed by atoms with E-state index in [0.29, 0.717) is 5.82 Å². The molecule has 0 saturated heterocycles. The van der Waals surface area contributed by atoms with E-state index in [9.17, 15) is 13.2 Å². The summed E-state index contributed by atoms with van der Waals surface area (Å²) in [5, 5.41) is 7.67. The normalized spacial score (nSPS) is 13.2. The molecular formula is C23H26N4O4S. The minimum atomic E-state index is -3.85. The van der Waals surface area contributed by atoms with Crippen LogP contribution < -0.4 is 14.8 Å². The molecule has 1 aromatic heterocycles. The van der Waals surface area contributed by atoms with Gasteiger partial charge >= 0.3 is 0 Å². The molecule has 0 spiro atoms. The molecule has 168 valence electrons. The van der Waals surface area contributed by atoms with Crippen LogP contribution in [-0.2, 0) is 22.9 Å². The number of hydrogen-bond acceptors (Lipinski definition) is 5. The summed E-state index contributed by atoms with van der Waals surface area (Å²) in [6.45, 7) is 3.46. The molecule has 1 aliphatic carbocycles. The minimum absolute atomic E-state index is 0.0804. The molecule has 2 aromatic carbocycles. The first-order valence-electron chi connectivity index (χ1n) is 10.5. The van der Waals surface area contributed by atoms with Crippen molar-refractivity contribution in [3.8, 4) is 11.4 Å². The molecule has 0 fully saturated rings. The van der Waals surface area contributed by atoms with Gasteiger partial charge in [0.15, 0.2) is 0 Å². The number of aryl methyl sites for hydroxylation is 1. The molecule has 3 aromatic rings. The molecule has 1 heterocycles. The molecule has 2 N–H and O–H groups in total. The Kier molecular flexibility index (Phi) is 6.03. The number of nitrogens with zero attached hydrogens (tertiary/aromatic N) is 2. The van der Waals surface area contributed by atoms with E-state index in [1.54, 1.807) is 24.6 Å². The maximum absolute atomic E-state index is 13.2. The number of methoxy groups -OCH3 is 1.